The summed E-state index contributed by atoms with van der Waals surface area (Å²) in [5.74, 6) is 0. The number of nitrogens with one attached hydrogen (secondary N) is 2. The molecule has 0 unspecified atom stereocenters. The molecule has 20 heavy (non-hydrogen) atoms. The molecule has 102 valence electrons. The predicted molar refractivity (Wildman–Crippen MR) is 80.4 cm³/mol. The van der Waals surface area contributed by atoms with Gasteiger partial charge in [0.2, 0.25) is 0 Å². The molecule has 0 atom stereocenters. The Bertz CT molecular complexity index is 619. The van der Waals surface area contributed by atoms with Gasteiger partial charge in [0.05, 0.1) is 17.2 Å². The summed E-state index contributed by atoms with van der Waals surface area (Å²) in [4.78, 5) is 14.4. The summed E-state index contributed by atoms with van der Waals surface area (Å²) in [6.45, 7) is 0.488. The molecule has 1 heterocycles. The normalized spacial score (nSPS) is 9.80. The molecule has 0 bridgehead atoms. The minimum absolute atomic E-state index is 0.0162. The van der Waals surface area contributed by atoms with Crippen molar-refractivity contribution in [3.05, 3.63) is 64.5 Å². The summed E-state index contributed by atoms with van der Waals surface area (Å²) >= 11 is 5.12. The fourth-order valence-electron chi connectivity index (χ4n) is 1.55. The van der Waals surface area contributed by atoms with Crippen LogP contribution in [0.1, 0.15) is 5.69 Å². The number of benzene rings is 1. The first kappa shape index (κ1) is 13.9. The van der Waals surface area contributed by atoms with E-state index in [1.807, 2.05) is 18.2 Å². The second-order valence-electron chi connectivity index (χ2n) is 3.94. The van der Waals surface area contributed by atoms with Crippen LogP contribution >= 0.6 is 12.2 Å². The van der Waals surface area contributed by atoms with Crippen molar-refractivity contribution in [2.75, 3.05) is 5.32 Å². The van der Waals surface area contributed by atoms with Gasteiger partial charge in [0.25, 0.3) is 5.69 Å². The molecule has 6 nitrogen and oxygen atoms in total. The number of nitro groups is 1. The SMILES string of the molecule is O=[N+]([O-])c1cccc(NC(=S)NCc2ccccn2)c1. The van der Waals surface area contributed by atoms with E-state index >= 15 is 0 Å². The first-order chi connectivity index (χ1) is 9.65. The molecule has 2 N–H and O–H groups in total. The number of rotatable bonds is 4. The van der Waals surface area contributed by atoms with Crippen LogP contribution in [0.3, 0.4) is 0 Å². The van der Waals surface area contributed by atoms with E-state index < -0.39 is 4.92 Å². The summed E-state index contributed by atoms with van der Waals surface area (Å²) in [7, 11) is 0. The lowest BCUT2D eigenvalue weighted by Gasteiger charge is -2.09. The number of nitro benzene ring substituents is 1. The van der Waals surface area contributed by atoms with Crippen molar-refractivity contribution in [2.45, 2.75) is 6.54 Å². The lowest BCUT2D eigenvalue weighted by atomic mass is 10.3. The quantitative estimate of drug-likeness (QED) is 0.511. The van der Waals surface area contributed by atoms with Gasteiger partial charge in [-0.1, -0.05) is 12.1 Å². The first-order valence-corrected chi connectivity index (χ1v) is 6.25. The van der Waals surface area contributed by atoms with Crippen LogP contribution < -0.4 is 10.6 Å². The average Bonchev–Trinajstić information content (AvgIpc) is 2.46. The number of aromatic nitrogens is 1. The highest BCUT2D eigenvalue weighted by molar-refractivity contribution is 7.80. The van der Waals surface area contributed by atoms with E-state index in [4.69, 9.17) is 12.2 Å². The van der Waals surface area contributed by atoms with Gasteiger partial charge in [-0.15, -0.1) is 0 Å². The van der Waals surface area contributed by atoms with Crippen molar-refractivity contribution in [3.63, 3.8) is 0 Å². The standard InChI is InChI=1S/C13H12N4O2S/c18-17(19)12-6-3-5-10(8-12)16-13(20)15-9-11-4-1-2-7-14-11/h1-8H,9H2,(H2,15,16,20). The molecule has 0 amide bonds. The Hall–Kier alpha value is -2.54. The maximum absolute atomic E-state index is 10.7. The Morgan fingerprint density at radius 2 is 2.15 bits per heavy atom. The molecule has 0 saturated heterocycles. The Kier molecular flexibility index (Phi) is 4.56. The average molecular weight is 288 g/mol. The van der Waals surface area contributed by atoms with Gasteiger partial charge in [0, 0.05) is 24.0 Å². The van der Waals surface area contributed by atoms with Crippen LogP contribution in [0.25, 0.3) is 0 Å². The topological polar surface area (TPSA) is 80.1 Å². The Morgan fingerprint density at radius 1 is 1.30 bits per heavy atom. The van der Waals surface area contributed by atoms with Crippen LogP contribution in [0, 0.1) is 10.1 Å². The van der Waals surface area contributed by atoms with Crippen molar-refractivity contribution >= 4 is 28.7 Å². The van der Waals surface area contributed by atoms with Crippen LogP contribution in [0.2, 0.25) is 0 Å². The van der Waals surface area contributed by atoms with Gasteiger partial charge in [-0.2, -0.15) is 0 Å². The summed E-state index contributed by atoms with van der Waals surface area (Å²) in [5.41, 5.74) is 1.44. The molecular weight excluding hydrogens is 276 g/mol. The van der Waals surface area contributed by atoms with Crippen LogP contribution in [0.4, 0.5) is 11.4 Å². The highest BCUT2D eigenvalue weighted by Gasteiger charge is 2.06. The second-order valence-corrected chi connectivity index (χ2v) is 4.34. The number of hydrogen-bond acceptors (Lipinski definition) is 4. The third kappa shape index (κ3) is 3.99. The molecule has 0 spiro atoms. The highest BCUT2D eigenvalue weighted by atomic mass is 32.1. The molecule has 0 aliphatic heterocycles. The lowest BCUT2D eigenvalue weighted by Crippen LogP contribution is -2.28. The fraction of sp³-hybridized carbons (Fsp3) is 0.0769. The zero-order chi connectivity index (χ0) is 14.4. The van der Waals surface area contributed by atoms with Crippen LogP contribution in [-0.2, 0) is 6.54 Å². The third-order valence-electron chi connectivity index (χ3n) is 2.47. The molecule has 0 radical (unpaired) electrons. The van der Waals surface area contributed by atoms with E-state index in [0.29, 0.717) is 17.3 Å². The number of non-ortho nitro benzene ring substituents is 1. The number of nitrogens with zero attached hydrogens (tertiary/aromatic N) is 2. The van der Waals surface area contributed by atoms with Gasteiger partial charge >= 0.3 is 0 Å². The maximum Gasteiger partial charge on any atom is 0.271 e. The Labute approximate surface area is 121 Å². The van der Waals surface area contributed by atoms with E-state index in [1.165, 1.54) is 12.1 Å². The molecule has 2 rings (SSSR count). The van der Waals surface area contributed by atoms with Crippen molar-refractivity contribution in [1.82, 2.24) is 10.3 Å². The highest BCUT2D eigenvalue weighted by Crippen LogP contribution is 2.16. The number of pyridine rings is 1. The zero-order valence-electron chi connectivity index (χ0n) is 10.4. The van der Waals surface area contributed by atoms with E-state index in [9.17, 15) is 10.1 Å². The molecule has 1 aromatic carbocycles. The molecule has 0 fully saturated rings. The maximum atomic E-state index is 10.7. The third-order valence-corrected chi connectivity index (χ3v) is 2.72. The minimum Gasteiger partial charge on any atom is -0.357 e. The zero-order valence-corrected chi connectivity index (χ0v) is 11.3. The van der Waals surface area contributed by atoms with Crippen molar-refractivity contribution in [1.29, 1.82) is 0 Å². The number of hydrogen-bond donors (Lipinski definition) is 2. The van der Waals surface area contributed by atoms with E-state index in [0.717, 1.165) is 5.69 Å². The predicted octanol–water partition coefficient (Wildman–Crippen LogP) is 2.48. The summed E-state index contributed by atoms with van der Waals surface area (Å²) < 4.78 is 0. The molecule has 7 heteroatoms. The lowest BCUT2D eigenvalue weighted by molar-refractivity contribution is -0.384. The smallest absolute Gasteiger partial charge is 0.271 e. The number of thiocarbonyl (C=S) groups is 1. The monoisotopic (exact) mass is 288 g/mol. The van der Waals surface area contributed by atoms with Crippen molar-refractivity contribution in [3.8, 4) is 0 Å². The largest absolute Gasteiger partial charge is 0.357 e. The van der Waals surface area contributed by atoms with Crippen LogP contribution in [-0.4, -0.2) is 15.0 Å². The fourth-order valence-corrected chi connectivity index (χ4v) is 1.74. The van der Waals surface area contributed by atoms with Gasteiger partial charge in [-0.3, -0.25) is 15.1 Å². The van der Waals surface area contributed by atoms with Gasteiger partial charge in [-0.25, -0.2) is 0 Å². The molecule has 0 aliphatic carbocycles. The van der Waals surface area contributed by atoms with Gasteiger partial charge < -0.3 is 10.6 Å². The van der Waals surface area contributed by atoms with E-state index in [-0.39, 0.29) is 5.69 Å². The van der Waals surface area contributed by atoms with Gasteiger partial charge in [0.15, 0.2) is 5.11 Å². The summed E-state index contributed by atoms with van der Waals surface area (Å²) in [6.07, 6.45) is 1.70. The second kappa shape index (κ2) is 6.58. The van der Waals surface area contributed by atoms with E-state index in [1.54, 1.807) is 18.3 Å². The van der Waals surface area contributed by atoms with Crippen LogP contribution in [0.5, 0.6) is 0 Å². The molecular formula is C13H12N4O2S. The minimum atomic E-state index is -0.449. The number of anilines is 1. The van der Waals surface area contributed by atoms with Crippen LogP contribution in [0.15, 0.2) is 48.7 Å². The first-order valence-electron chi connectivity index (χ1n) is 5.84. The Balaban J connectivity index is 1.91. The Morgan fingerprint density at radius 3 is 2.85 bits per heavy atom. The molecule has 0 aliphatic rings. The molecule has 2 aromatic rings. The van der Waals surface area contributed by atoms with Crippen molar-refractivity contribution < 1.29 is 4.92 Å². The summed E-state index contributed by atoms with van der Waals surface area (Å²) in [6, 6.07) is 11.8. The van der Waals surface area contributed by atoms with Gasteiger partial charge in [-0.05, 0) is 30.4 Å². The summed E-state index contributed by atoms with van der Waals surface area (Å²) in [5, 5.41) is 16.9. The molecule has 1 aromatic heterocycles. The molecule has 0 saturated carbocycles. The van der Waals surface area contributed by atoms with Crippen molar-refractivity contribution in [2.24, 2.45) is 0 Å². The van der Waals surface area contributed by atoms with E-state index in [2.05, 4.69) is 15.6 Å². The van der Waals surface area contributed by atoms with Gasteiger partial charge in [0.1, 0.15) is 0 Å².